The molecule has 2 aliphatic rings. The zero-order valence-electron chi connectivity index (χ0n) is 33.1. The number of nitrogens with zero attached hydrogens (tertiary/aromatic N) is 4. The smallest absolute Gasteiger partial charge is 0.224 e. The number of halogens is 2. The summed E-state index contributed by atoms with van der Waals surface area (Å²) < 4.78 is 63.7. The fourth-order valence-corrected chi connectivity index (χ4v) is 7.70. The summed E-state index contributed by atoms with van der Waals surface area (Å²) in [6.45, 7) is 3.18. The number of sulfonamides is 1. The molecule has 19 heteroatoms. The van der Waals surface area contributed by atoms with Crippen LogP contribution in [-0.4, -0.2) is 84.6 Å². The summed E-state index contributed by atoms with van der Waals surface area (Å²) in [5.74, 6) is -0.877. The van der Waals surface area contributed by atoms with Gasteiger partial charge in [-0.05, 0) is 101 Å². The van der Waals surface area contributed by atoms with E-state index in [2.05, 4.69) is 35.3 Å². The Bertz CT molecular complexity index is 2250. The van der Waals surface area contributed by atoms with Crippen molar-refractivity contribution in [2.75, 3.05) is 42.6 Å². The highest BCUT2D eigenvalue weighted by molar-refractivity contribution is 7.88. The van der Waals surface area contributed by atoms with Crippen molar-refractivity contribution in [1.29, 1.82) is 0 Å². The van der Waals surface area contributed by atoms with Crippen LogP contribution in [0.2, 0.25) is 0 Å². The molecule has 4 aromatic rings. The maximum Gasteiger partial charge on any atom is 0.224 e. The minimum Gasteiger partial charge on any atom is -0.496 e. The molecule has 58 heavy (non-hydrogen) atoms. The summed E-state index contributed by atoms with van der Waals surface area (Å²) >= 11 is 0. The number of nitrogens with one attached hydrogen (secondary N) is 3. The van der Waals surface area contributed by atoms with Gasteiger partial charge in [0, 0.05) is 36.6 Å². The van der Waals surface area contributed by atoms with Crippen LogP contribution in [-0.2, 0) is 10.0 Å². The molecule has 2 fully saturated rings. The molecule has 0 bridgehead atoms. The maximum absolute atomic E-state index is 14.0. The molecule has 312 valence electrons. The molecule has 2 saturated carbocycles. The molecule has 0 amide bonds. The van der Waals surface area contributed by atoms with E-state index in [1.54, 1.807) is 13.8 Å². The summed E-state index contributed by atoms with van der Waals surface area (Å²) in [6, 6.07) is 5.65. The summed E-state index contributed by atoms with van der Waals surface area (Å²) in [6.07, 6.45) is 10.4. The van der Waals surface area contributed by atoms with Gasteiger partial charge in [-0.3, -0.25) is 9.59 Å². The lowest BCUT2D eigenvalue weighted by molar-refractivity contribution is 0.102. The first-order valence-electron chi connectivity index (χ1n) is 18.7. The number of carbonyl (C=O) groups excluding carboxylic acids is 2. The molecule has 2 heterocycles. The van der Waals surface area contributed by atoms with Crippen LogP contribution in [0.25, 0.3) is 0 Å². The number of nitrogens with two attached hydrogens (primary N) is 3. The maximum atomic E-state index is 14.0. The Morgan fingerprint density at radius 3 is 1.41 bits per heavy atom. The number of ether oxygens (including phenoxy) is 2. The van der Waals surface area contributed by atoms with Gasteiger partial charge in [0.1, 0.15) is 34.8 Å². The van der Waals surface area contributed by atoms with E-state index in [1.165, 1.54) is 38.7 Å². The fraction of sp³-hybridized carbons (Fsp3) is 0.436. The number of aromatic nitrogens is 4. The minimum absolute atomic E-state index is 0.0297. The number of ketones is 2. The van der Waals surface area contributed by atoms with Crippen molar-refractivity contribution >= 4 is 45.1 Å². The van der Waals surface area contributed by atoms with Crippen LogP contribution in [0, 0.1) is 25.5 Å². The number of hydrogen-bond donors (Lipinski definition) is 6. The molecule has 2 aromatic heterocycles. The standard InChI is InChI=1S/C20H26FN5O4S.C19H24FN5O2/c1-11-8-17(30-2)14(9-16(11)21)18(27)15-10-23-20(25-19(15)22)24-12-4-6-13(7-5-12)26-31(3,28)29;1-10-7-16(27-2)13(8-15(10)20)17(26)14-9-23-19(25-18(14)22)24-12-5-3-11(21)4-6-12/h8-10,12-13,26H,4-7H2,1-3H3,(H3,22,23,24,25);7-9,11-12H,3-6,21H2,1-2H3,(H3,22,23,24,25). The van der Waals surface area contributed by atoms with Gasteiger partial charge in [-0.15, -0.1) is 0 Å². The minimum atomic E-state index is -3.23. The van der Waals surface area contributed by atoms with Gasteiger partial charge in [-0.25, -0.2) is 31.9 Å². The van der Waals surface area contributed by atoms with E-state index in [9.17, 15) is 26.8 Å². The lowest BCUT2D eigenvalue weighted by Gasteiger charge is -2.29. The van der Waals surface area contributed by atoms with Crippen LogP contribution in [0.3, 0.4) is 0 Å². The summed E-state index contributed by atoms with van der Waals surface area (Å²) in [5, 5.41) is 6.41. The third-order valence-electron chi connectivity index (χ3n) is 10.1. The van der Waals surface area contributed by atoms with Gasteiger partial charge in [0.05, 0.1) is 42.7 Å². The Labute approximate surface area is 336 Å². The Hall–Kier alpha value is -5.53. The summed E-state index contributed by atoms with van der Waals surface area (Å²) in [5.41, 5.74) is 18.9. The third kappa shape index (κ3) is 11.1. The van der Waals surface area contributed by atoms with Crippen LogP contribution in [0.4, 0.5) is 32.3 Å². The first-order chi connectivity index (χ1) is 27.5. The molecule has 0 spiro atoms. The van der Waals surface area contributed by atoms with Crippen molar-refractivity contribution in [1.82, 2.24) is 24.7 Å². The molecule has 2 aromatic carbocycles. The van der Waals surface area contributed by atoms with Crippen LogP contribution in [0.1, 0.15) is 94.3 Å². The number of anilines is 4. The van der Waals surface area contributed by atoms with E-state index in [0.717, 1.165) is 56.9 Å². The average molecular weight is 825 g/mol. The van der Waals surface area contributed by atoms with E-state index >= 15 is 0 Å². The predicted octanol–water partition coefficient (Wildman–Crippen LogP) is 4.45. The van der Waals surface area contributed by atoms with Gasteiger partial charge >= 0.3 is 0 Å². The first kappa shape index (κ1) is 43.6. The number of benzene rings is 2. The Balaban J connectivity index is 0.000000223. The quantitative estimate of drug-likeness (QED) is 0.108. The van der Waals surface area contributed by atoms with E-state index < -0.39 is 33.2 Å². The molecule has 9 N–H and O–H groups in total. The van der Waals surface area contributed by atoms with Crippen LogP contribution in [0.15, 0.2) is 36.7 Å². The number of hydrogen-bond acceptors (Lipinski definition) is 15. The molecule has 16 nitrogen and oxygen atoms in total. The third-order valence-corrected chi connectivity index (χ3v) is 10.9. The van der Waals surface area contributed by atoms with Gasteiger partial charge in [0.25, 0.3) is 0 Å². The predicted molar refractivity (Wildman–Crippen MR) is 217 cm³/mol. The van der Waals surface area contributed by atoms with Gasteiger partial charge in [-0.1, -0.05) is 0 Å². The number of carbonyl (C=O) groups is 2. The average Bonchev–Trinajstić information content (AvgIpc) is 3.17. The normalized spacial score (nSPS) is 19.3. The van der Waals surface area contributed by atoms with Crippen molar-refractivity contribution < 1.29 is 36.3 Å². The fourth-order valence-electron chi connectivity index (χ4n) is 6.86. The Morgan fingerprint density at radius 1 is 0.672 bits per heavy atom. The largest absolute Gasteiger partial charge is 0.496 e. The van der Waals surface area contributed by atoms with Gasteiger partial charge in [-0.2, -0.15) is 9.97 Å². The summed E-state index contributed by atoms with van der Waals surface area (Å²) in [4.78, 5) is 42.4. The molecule has 0 atom stereocenters. The summed E-state index contributed by atoms with van der Waals surface area (Å²) in [7, 11) is -0.405. The van der Waals surface area contributed by atoms with Gasteiger partial charge in [0.15, 0.2) is 0 Å². The molecule has 2 aliphatic carbocycles. The van der Waals surface area contributed by atoms with Crippen molar-refractivity contribution in [2.24, 2.45) is 5.73 Å². The molecule has 0 radical (unpaired) electrons. The van der Waals surface area contributed by atoms with E-state index in [-0.39, 0.29) is 75.5 Å². The highest BCUT2D eigenvalue weighted by Crippen LogP contribution is 2.29. The SMILES string of the molecule is COc1cc(C)c(F)cc1C(=O)c1cnc(NC2CCC(N)CC2)nc1N.COc1cc(C)c(F)cc1C(=O)c1cnc(NC2CCC(NS(C)(=O)=O)CC2)nc1N. The molecule has 0 saturated heterocycles. The zero-order chi connectivity index (χ0) is 42.3. The van der Waals surface area contributed by atoms with E-state index in [4.69, 9.17) is 26.7 Å². The number of nitrogen functional groups attached to an aromatic ring is 2. The zero-order valence-corrected chi connectivity index (χ0v) is 33.9. The van der Waals surface area contributed by atoms with Crippen LogP contribution < -0.4 is 42.0 Å². The molecular formula is C39H50F2N10O6S. The monoisotopic (exact) mass is 824 g/mol. The lowest BCUT2D eigenvalue weighted by Crippen LogP contribution is -2.39. The molecule has 0 aliphatic heterocycles. The van der Waals surface area contributed by atoms with Crippen molar-refractivity contribution in [3.63, 3.8) is 0 Å². The molecule has 0 unspecified atom stereocenters. The first-order valence-corrected chi connectivity index (χ1v) is 20.6. The van der Waals surface area contributed by atoms with Crippen molar-refractivity contribution in [2.45, 2.75) is 89.4 Å². The number of rotatable bonds is 12. The second-order valence-electron chi connectivity index (χ2n) is 14.6. The van der Waals surface area contributed by atoms with Crippen molar-refractivity contribution in [3.8, 4) is 11.5 Å². The second-order valence-corrected chi connectivity index (χ2v) is 16.4. The van der Waals surface area contributed by atoms with Gasteiger partial charge in [0.2, 0.25) is 33.5 Å². The van der Waals surface area contributed by atoms with Crippen LogP contribution >= 0.6 is 0 Å². The highest BCUT2D eigenvalue weighted by atomic mass is 32.2. The Kier molecular flexibility index (Phi) is 14.1. The van der Waals surface area contributed by atoms with Gasteiger partial charge < -0.3 is 37.3 Å². The number of methoxy groups -OCH3 is 2. The lowest BCUT2D eigenvalue weighted by atomic mass is 9.92. The second kappa shape index (κ2) is 18.8. The van der Waals surface area contributed by atoms with E-state index in [0.29, 0.717) is 29.9 Å². The number of aryl methyl sites for hydroxylation is 2. The highest BCUT2D eigenvalue weighted by Gasteiger charge is 2.26. The van der Waals surface area contributed by atoms with E-state index in [1.807, 2.05) is 0 Å². The molecular weight excluding hydrogens is 775 g/mol. The topological polar surface area (TPSA) is 252 Å². The molecule has 6 rings (SSSR count). The van der Waals surface area contributed by atoms with Crippen molar-refractivity contribution in [3.05, 3.63) is 81.7 Å². The van der Waals surface area contributed by atoms with Crippen LogP contribution in [0.5, 0.6) is 11.5 Å². The Morgan fingerprint density at radius 2 is 1.05 bits per heavy atom.